The van der Waals surface area contributed by atoms with Gasteiger partial charge in [-0.2, -0.15) is 0 Å². The molecule has 19 heavy (non-hydrogen) atoms. The number of hydrogen-bond donors (Lipinski definition) is 1. The van der Waals surface area contributed by atoms with Crippen molar-refractivity contribution in [3.63, 3.8) is 0 Å². The van der Waals surface area contributed by atoms with Crippen molar-refractivity contribution in [2.75, 3.05) is 6.54 Å². The van der Waals surface area contributed by atoms with Crippen LogP contribution in [0.4, 0.5) is 0 Å². The Balaban J connectivity index is 2.40. The fraction of sp³-hybridized carbons (Fsp3) is 0.375. The Hall–Kier alpha value is -0.830. The molecule has 1 heterocycles. The smallest absolute Gasteiger partial charge is 0.0685 e. The van der Waals surface area contributed by atoms with E-state index in [9.17, 15) is 0 Å². The zero-order valence-corrected chi connectivity index (χ0v) is 13.2. The van der Waals surface area contributed by atoms with E-state index in [0.29, 0.717) is 0 Å². The van der Waals surface area contributed by atoms with Gasteiger partial charge in [-0.3, -0.25) is 0 Å². The number of nitrogens with one attached hydrogen (secondary N) is 1. The summed E-state index contributed by atoms with van der Waals surface area (Å²) in [5.41, 5.74) is 3.72. The van der Waals surface area contributed by atoms with Gasteiger partial charge in [-0.15, -0.1) is 11.3 Å². The molecule has 0 fully saturated rings. The Kier molecular flexibility index (Phi) is 5.03. The van der Waals surface area contributed by atoms with Gasteiger partial charge in [0.25, 0.3) is 0 Å². The van der Waals surface area contributed by atoms with Crippen LogP contribution < -0.4 is 5.32 Å². The Labute approximate surface area is 124 Å². The van der Waals surface area contributed by atoms with E-state index < -0.39 is 0 Å². The fourth-order valence-electron chi connectivity index (χ4n) is 2.13. The fourth-order valence-corrected chi connectivity index (χ4v) is 3.28. The largest absolute Gasteiger partial charge is 0.306 e. The third kappa shape index (κ3) is 3.38. The van der Waals surface area contributed by atoms with Crippen LogP contribution in [-0.2, 0) is 0 Å². The van der Waals surface area contributed by atoms with Crippen molar-refractivity contribution in [1.82, 2.24) is 5.32 Å². The molecule has 0 radical (unpaired) electrons. The van der Waals surface area contributed by atoms with E-state index in [-0.39, 0.29) is 6.04 Å². The summed E-state index contributed by atoms with van der Waals surface area (Å²) in [4.78, 5) is 1.32. The Morgan fingerprint density at radius 1 is 1.26 bits per heavy atom. The minimum Gasteiger partial charge on any atom is -0.306 e. The number of hydrogen-bond acceptors (Lipinski definition) is 2. The highest BCUT2D eigenvalue weighted by Gasteiger charge is 2.18. The summed E-state index contributed by atoms with van der Waals surface area (Å²) in [5.74, 6) is 0. The molecule has 1 unspecified atom stereocenters. The van der Waals surface area contributed by atoms with Gasteiger partial charge in [0, 0.05) is 9.90 Å². The molecule has 0 bridgehead atoms. The van der Waals surface area contributed by atoms with E-state index in [1.54, 1.807) is 11.3 Å². The van der Waals surface area contributed by atoms with Crippen LogP contribution in [0.15, 0.2) is 29.6 Å². The van der Waals surface area contributed by atoms with Gasteiger partial charge in [-0.1, -0.05) is 30.7 Å². The van der Waals surface area contributed by atoms with Gasteiger partial charge in [0.1, 0.15) is 0 Å². The van der Waals surface area contributed by atoms with Gasteiger partial charge in [-0.25, -0.2) is 0 Å². The maximum Gasteiger partial charge on any atom is 0.0685 e. The molecule has 2 aromatic rings. The number of rotatable bonds is 5. The van der Waals surface area contributed by atoms with Crippen molar-refractivity contribution in [3.8, 4) is 0 Å². The lowest BCUT2D eigenvalue weighted by Crippen LogP contribution is -2.22. The molecule has 1 N–H and O–H groups in total. The van der Waals surface area contributed by atoms with Crippen LogP contribution >= 0.6 is 22.9 Å². The van der Waals surface area contributed by atoms with E-state index >= 15 is 0 Å². The first-order valence-electron chi connectivity index (χ1n) is 6.67. The molecule has 2 rings (SSSR count). The van der Waals surface area contributed by atoms with Crippen molar-refractivity contribution in [3.05, 3.63) is 56.2 Å². The summed E-state index contributed by atoms with van der Waals surface area (Å²) in [6, 6.07) is 8.75. The third-order valence-electron chi connectivity index (χ3n) is 3.35. The number of aryl methyl sites for hydroxylation is 2. The normalized spacial score (nSPS) is 12.6. The predicted molar refractivity (Wildman–Crippen MR) is 85.4 cm³/mol. The minimum atomic E-state index is 0.201. The molecular formula is C16H20ClNS. The molecule has 102 valence electrons. The quantitative estimate of drug-likeness (QED) is 0.808. The molecule has 1 nitrogen and oxygen atoms in total. The van der Waals surface area contributed by atoms with Crippen molar-refractivity contribution >= 4 is 22.9 Å². The molecular weight excluding hydrogens is 274 g/mol. The van der Waals surface area contributed by atoms with Crippen LogP contribution in [0.2, 0.25) is 5.02 Å². The maximum atomic E-state index is 6.46. The lowest BCUT2D eigenvalue weighted by Gasteiger charge is -2.20. The van der Waals surface area contributed by atoms with Crippen LogP contribution in [0.5, 0.6) is 0 Å². The Bertz CT molecular complexity index is 534. The van der Waals surface area contributed by atoms with Crippen LogP contribution in [0.3, 0.4) is 0 Å². The average Bonchev–Trinajstić information content (AvgIpc) is 2.89. The van der Waals surface area contributed by atoms with E-state index in [2.05, 4.69) is 55.7 Å². The highest BCUT2D eigenvalue weighted by atomic mass is 35.5. The zero-order valence-electron chi connectivity index (χ0n) is 11.7. The van der Waals surface area contributed by atoms with Gasteiger partial charge in [0.05, 0.1) is 6.04 Å². The van der Waals surface area contributed by atoms with Crippen LogP contribution in [-0.4, -0.2) is 6.54 Å². The van der Waals surface area contributed by atoms with Crippen LogP contribution in [0.25, 0.3) is 0 Å². The van der Waals surface area contributed by atoms with Crippen molar-refractivity contribution in [2.45, 2.75) is 33.2 Å². The van der Waals surface area contributed by atoms with Crippen molar-refractivity contribution in [1.29, 1.82) is 0 Å². The molecule has 0 aliphatic carbocycles. The molecule has 0 aliphatic heterocycles. The molecule has 1 aromatic heterocycles. The van der Waals surface area contributed by atoms with Gasteiger partial charge >= 0.3 is 0 Å². The number of benzene rings is 1. The highest BCUT2D eigenvalue weighted by molar-refractivity contribution is 7.10. The first-order valence-corrected chi connectivity index (χ1v) is 7.92. The first kappa shape index (κ1) is 14.6. The average molecular weight is 294 g/mol. The van der Waals surface area contributed by atoms with Gasteiger partial charge in [-0.05, 0) is 61.0 Å². The molecule has 3 heteroatoms. The topological polar surface area (TPSA) is 12.0 Å². The second kappa shape index (κ2) is 6.56. The second-order valence-electron chi connectivity index (χ2n) is 4.86. The minimum absolute atomic E-state index is 0.201. The summed E-state index contributed by atoms with van der Waals surface area (Å²) >= 11 is 8.23. The van der Waals surface area contributed by atoms with Gasteiger partial charge in [0.15, 0.2) is 0 Å². The predicted octanol–water partition coefficient (Wildman–Crippen LogP) is 5.11. The first-order chi connectivity index (χ1) is 9.13. The monoisotopic (exact) mass is 293 g/mol. The van der Waals surface area contributed by atoms with E-state index in [1.807, 2.05) is 0 Å². The zero-order chi connectivity index (χ0) is 13.8. The molecule has 0 saturated heterocycles. The molecule has 0 spiro atoms. The second-order valence-corrected chi connectivity index (χ2v) is 6.25. The summed E-state index contributed by atoms with van der Waals surface area (Å²) < 4.78 is 0. The lowest BCUT2D eigenvalue weighted by molar-refractivity contribution is 0.605. The van der Waals surface area contributed by atoms with Crippen molar-refractivity contribution in [2.24, 2.45) is 0 Å². The summed E-state index contributed by atoms with van der Waals surface area (Å²) in [7, 11) is 0. The SMILES string of the molecule is CCCNC(c1cccs1)c1cc(C)c(C)cc1Cl. The Morgan fingerprint density at radius 2 is 2.00 bits per heavy atom. The van der Waals surface area contributed by atoms with E-state index in [4.69, 9.17) is 11.6 Å². The lowest BCUT2D eigenvalue weighted by atomic mass is 9.99. The number of halogens is 1. The third-order valence-corrected chi connectivity index (χ3v) is 4.61. The van der Waals surface area contributed by atoms with Crippen LogP contribution in [0.1, 0.15) is 41.0 Å². The molecule has 0 aliphatic rings. The summed E-state index contributed by atoms with van der Waals surface area (Å²) in [6.45, 7) is 7.41. The number of thiophene rings is 1. The molecule has 1 aromatic carbocycles. The van der Waals surface area contributed by atoms with Gasteiger partial charge in [0.2, 0.25) is 0 Å². The highest BCUT2D eigenvalue weighted by Crippen LogP contribution is 2.32. The van der Waals surface area contributed by atoms with Crippen molar-refractivity contribution < 1.29 is 0 Å². The molecule has 1 atom stereocenters. The van der Waals surface area contributed by atoms with E-state index in [0.717, 1.165) is 18.0 Å². The van der Waals surface area contributed by atoms with Crippen LogP contribution in [0, 0.1) is 13.8 Å². The summed E-state index contributed by atoms with van der Waals surface area (Å²) in [5, 5.41) is 6.57. The standard InChI is InChI=1S/C16H20ClNS/c1-4-7-18-16(15-6-5-8-19-15)13-9-11(2)12(3)10-14(13)17/h5-6,8-10,16,18H,4,7H2,1-3H3. The Morgan fingerprint density at radius 3 is 2.63 bits per heavy atom. The maximum absolute atomic E-state index is 6.46. The molecule has 0 amide bonds. The molecule has 0 saturated carbocycles. The van der Waals surface area contributed by atoms with Gasteiger partial charge < -0.3 is 5.32 Å². The summed E-state index contributed by atoms with van der Waals surface area (Å²) in [6.07, 6.45) is 1.12. The van der Waals surface area contributed by atoms with E-state index in [1.165, 1.54) is 21.6 Å².